The predicted octanol–water partition coefficient (Wildman–Crippen LogP) is 3.48. The van der Waals surface area contributed by atoms with Crippen LogP contribution in [0.5, 0.6) is 11.5 Å². The van der Waals surface area contributed by atoms with Crippen molar-refractivity contribution < 1.29 is 14.3 Å². The average molecular weight is 351 g/mol. The van der Waals surface area contributed by atoms with Crippen LogP contribution in [0.1, 0.15) is 10.4 Å². The first-order valence-electron chi connectivity index (χ1n) is 6.63. The lowest BCUT2D eigenvalue weighted by molar-refractivity contribution is 0.0977. The lowest BCUT2D eigenvalue weighted by Crippen LogP contribution is -2.34. The van der Waals surface area contributed by atoms with E-state index in [9.17, 15) is 4.79 Å². The first-order valence-corrected chi connectivity index (χ1v) is 7.42. The van der Waals surface area contributed by atoms with Gasteiger partial charge in [0.2, 0.25) is 0 Å². The number of carbonyl (C=O) groups is 1. The normalized spacial score (nSPS) is 9.87. The van der Waals surface area contributed by atoms with E-state index in [-0.39, 0.29) is 11.0 Å². The second-order valence-electron chi connectivity index (χ2n) is 4.49. The van der Waals surface area contributed by atoms with Gasteiger partial charge in [0.25, 0.3) is 5.91 Å². The van der Waals surface area contributed by atoms with Crippen molar-refractivity contribution in [3.63, 3.8) is 0 Å². The Labute approximate surface area is 144 Å². The van der Waals surface area contributed by atoms with E-state index in [4.69, 9.17) is 33.3 Å². The van der Waals surface area contributed by atoms with Gasteiger partial charge in [0.1, 0.15) is 0 Å². The van der Waals surface area contributed by atoms with Crippen LogP contribution >= 0.6 is 23.8 Å². The monoisotopic (exact) mass is 350 g/mol. The highest BCUT2D eigenvalue weighted by Gasteiger charge is 2.12. The Morgan fingerprint density at radius 3 is 2.48 bits per heavy atom. The van der Waals surface area contributed by atoms with Crippen molar-refractivity contribution in [2.45, 2.75) is 0 Å². The summed E-state index contributed by atoms with van der Waals surface area (Å²) in [4.78, 5) is 12.2. The number of hydrogen-bond donors (Lipinski definition) is 2. The van der Waals surface area contributed by atoms with Gasteiger partial charge in [0.15, 0.2) is 16.6 Å². The quantitative estimate of drug-likeness (QED) is 0.827. The molecule has 0 radical (unpaired) electrons. The predicted molar refractivity (Wildman–Crippen MR) is 94.7 cm³/mol. The summed E-state index contributed by atoms with van der Waals surface area (Å²) >= 11 is 11.0. The first-order chi connectivity index (χ1) is 11.0. The number of thiocarbonyl (C=S) groups is 1. The molecule has 7 heteroatoms. The molecule has 2 N–H and O–H groups in total. The lowest BCUT2D eigenvalue weighted by Gasteiger charge is -2.11. The number of hydrogen-bond acceptors (Lipinski definition) is 4. The summed E-state index contributed by atoms with van der Waals surface area (Å²) in [5, 5.41) is 6.23. The molecule has 23 heavy (non-hydrogen) atoms. The third-order valence-electron chi connectivity index (χ3n) is 2.96. The molecule has 0 saturated carbocycles. The smallest absolute Gasteiger partial charge is 0.257 e. The fourth-order valence-electron chi connectivity index (χ4n) is 1.88. The van der Waals surface area contributed by atoms with Gasteiger partial charge < -0.3 is 14.8 Å². The van der Waals surface area contributed by atoms with E-state index in [1.54, 1.807) is 42.5 Å². The molecular formula is C16H15ClN2O3S. The molecular weight excluding hydrogens is 336 g/mol. The lowest BCUT2D eigenvalue weighted by atomic mass is 10.2. The average Bonchev–Trinajstić information content (AvgIpc) is 2.53. The zero-order valence-electron chi connectivity index (χ0n) is 12.6. The van der Waals surface area contributed by atoms with Crippen LogP contribution in [0.2, 0.25) is 5.02 Å². The Morgan fingerprint density at radius 1 is 1.09 bits per heavy atom. The summed E-state index contributed by atoms with van der Waals surface area (Å²) in [7, 11) is 3.03. The van der Waals surface area contributed by atoms with E-state index in [0.29, 0.717) is 27.8 Å². The van der Waals surface area contributed by atoms with Crippen molar-refractivity contribution in [1.29, 1.82) is 0 Å². The second-order valence-corrected chi connectivity index (χ2v) is 5.33. The van der Waals surface area contributed by atoms with E-state index in [2.05, 4.69) is 10.6 Å². The molecule has 0 bridgehead atoms. The molecule has 0 atom stereocenters. The number of anilines is 1. The van der Waals surface area contributed by atoms with Crippen LogP contribution in [0.15, 0.2) is 42.5 Å². The number of benzene rings is 2. The Balaban J connectivity index is 2.05. The van der Waals surface area contributed by atoms with Gasteiger partial charge in [-0.1, -0.05) is 17.7 Å². The molecule has 0 unspecified atom stereocenters. The minimum absolute atomic E-state index is 0.173. The van der Waals surface area contributed by atoms with Crippen LogP contribution in [0.3, 0.4) is 0 Å². The standard InChI is InChI=1S/C16H15ClN2O3S/c1-21-13-7-6-10(8-14(13)22-2)15(20)19-16(23)18-12-5-3-4-11(17)9-12/h3-9H,1-2H3,(H2,18,19,20,23). The van der Waals surface area contributed by atoms with Crippen LogP contribution in [0.4, 0.5) is 5.69 Å². The maximum absolute atomic E-state index is 12.2. The largest absolute Gasteiger partial charge is 0.493 e. The van der Waals surface area contributed by atoms with Gasteiger partial charge in [0.05, 0.1) is 14.2 Å². The molecule has 2 aromatic carbocycles. The third-order valence-corrected chi connectivity index (χ3v) is 3.39. The first kappa shape index (κ1) is 17.1. The fourth-order valence-corrected chi connectivity index (χ4v) is 2.28. The zero-order valence-corrected chi connectivity index (χ0v) is 14.1. The van der Waals surface area contributed by atoms with Gasteiger partial charge in [-0.3, -0.25) is 10.1 Å². The minimum Gasteiger partial charge on any atom is -0.493 e. The molecule has 0 aliphatic heterocycles. The summed E-state index contributed by atoms with van der Waals surface area (Å²) in [5.74, 6) is 0.656. The fraction of sp³-hybridized carbons (Fsp3) is 0.125. The Hall–Kier alpha value is -2.31. The number of ether oxygens (including phenoxy) is 2. The molecule has 0 aromatic heterocycles. The van der Waals surface area contributed by atoms with Gasteiger partial charge in [-0.05, 0) is 48.6 Å². The highest BCUT2D eigenvalue weighted by Crippen LogP contribution is 2.27. The molecule has 5 nitrogen and oxygen atoms in total. The summed E-state index contributed by atoms with van der Waals surface area (Å²) < 4.78 is 10.3. The van der Waals surface area contributed by atoms with Gasteiger partial charge in [0, 0.05) is 16.3 Å². The van der Waals surface area contributed by atoms with Crippen LogP contribution in [0.25, 0.3) is 0 Å². The Bertz CT molecular complexity index is 737. The van der Waals surface area contributed by atoms with Gasteiger partial charge in [-0.25, -0.2) is 0 Å². The minimum atomic E-state index is -0.356. The number of nitrogens with one attached hydrogen (secondary N) is 2. The van der Waals surface area contributed by atoms with Crippen LogP contribution in [-0.2, 0) is 0 Å². The molecule has 1 amide bonds. The van der Waals surface area contributed by atoms with Crippen LogP contribution < -0.4 is 20.1 Å². The molecule has 0 heterocycles. The molecule has 2 aromatic rings. The number of methoxy groups -OCH3 is 2. The van der Waals surface area contributed by atoms with E-state index in [1.807, 2.05) is 0 Å². The van der Waals surface area contributed by atoms with E-state index >= 15 is 0 Å². The van der Waals surface area contributed by atoms with Crippen molar-refractivity contribution in [3.8, 4) is 11.5 Å². The summed E-state index contributed by atoms with van der Waals surface area (Å²) in [6.45, 7) is 0. The molecule has 0 spiro atoms. The summed E-state index contributed by atoms with van der Waals surface area (Å²) in [6, 6.07) is 11.9. The molecule has 0 aliphatic rings. The van der Waals surface area contributed by atoms with Crippen LogP contribution in [-0.4, -0.2) is 25.2 Å². The summed E-state index contributed by atoms with van der Waals surface area (Å²) in [5.41, 5.74) is 1.09. The molecule has 120 valence electrons. The topological polar surface area (TPSA) is 59.6 Å². The number of rotatable bonds is 4. The SMILES string of the molecule is COc1ccc(C(=O)NC(=S)Nc2cccc(Cl)c2)cc1OC. The molecule has 0 aliphatic carbocycles. The van der Waals surface area contributed by atoms with Crippen molar-refractivity contribution in [1.82, 2.24) is 5.32 Å². The zero-order chi connectivity index (χ0) is 16.8. The van der Waals surface area contributed by atoms with Crippen LogP contribution in [0, 0.1) is 0 Å². The Kier molecular flexibility index (Phi) is 5.78. The molecule has 0 saturated heterocycles. The molecule has 2 rings (SSSR count). The molecule has 0 fully saturated rings. The van der Waals surface area contributed by atoms with Crippen molar-refractivity contribution in [2.24, 2.45) is 0 Å². The number of halogens is 1. The highest BCUT2D eigenvalue weighted by molar-refractivity contribution is 7.80. The maximum atomic E-state index is 12.2. The van der Waals surface area contributed by atoms with Gasteiger partial charge in [-0.2, -0.15) is 0 Å². The number of carbonyl (C=O) groups excluding carboxylic acids is 1. The third kappa shape index (κ3) is 4.58. The maximum Gasteiger partial charge on any atom is 0.257 e. The van der Waals surface area contributed by atoms with Crippen molar-refractivity contribution in [2.75, 3.05) is 19.5 Å². The van der Waals surface area contributed by atoms with E-state index in [1.165, 1.54) is 14.2 Å². The van der Waals surface area contributed by atoms with Gasteiger partial charge in [-0.15, -0.1) is 0 Å². The highest BCUT2D eigenvalue weighted by atomic mass is 35.5. The van der Waals surface area contributed by atoms with Gasteiger partial charge >= 0.3 is 0 Å². The Morgan fingerprint density at radius 2 is 1.83 bits per heavy atom. The van der Waals surface area contributed by atoms with Crippen molar-refractivity contribution >= 4 is 40.5 Å². The van der Waals surface area contributed by atoms with E-state index in [0.717, 1.165) is 0 Å². The second kappa shape index (κ2) is 7.80. The summed E-state index contributed by atoms with van der Waals surface area (Å²) in [6.07, 6.45) is 0. The van der Waals surface area contributed by atoms with Crippen molar-refractivity contribution in [3.05, 3.63) is 53.1 Å². The number of amides is 1. The van der Waals surface area contributed by atoms with E-state index < -0.39 is 0 Å².